The maximum Gasteiger partial charge on any atom is 0.305 e. The zero-order chi connectivity index (χ0) is 30.4. The topological polar surface area (TPSA) is 112 Å². The van der Waals surface area contributed by atoms with E-state index in [1.165, 1.54) is 0 Å². The Morgan fingerprint density at radius 2 is 0.600 bits per heavy atom. The fraction of sp³-hybridized carbons (Fsp3) is 0.867. The Kier molecular flexibility index (Phi) is 29.7. The fourth-order valence-corrected chi connectivity index (χ4v) is 3.76. The molecule has 10 heteroatoms. The highest BCUT2D eigenvalue weighted by Gasteiger charge is 2.06. The SMILES string of the molecule is CCOC(=O)CCCCN(C)CCCCC(=O)OCC.CCOC(=O)CCCCN(C)CCCCC(=O)OCC. The van der Waals surface area contributed by atoms with Crippen molar-refractivity contribution in [1.82, 2.24) is 9.80 Å². The van der Waals surface area contributed by atoms with E-state index >= 15 is 0 Å². The predicted octanol–water partition coefficient (Wildman–Crippen LogP) is 4.77. The van der Waals surface area contributed by atoms with Crippen LogP contribution in [0.1, 0.15) is 105 Å². The van der Waals surface area contributed by atoms with Gasteiger partial charge in [-0.15, -0.1) is 0 Å². The van der Waals surface area contributed by atoms with Gasteiger partial charge in [-0.1, -0.05) is 0 Å². The van der Waals surface area contributed by atoms with Gasteiger partial charge in [0.25, 0.3) is 0 Å². The molecule has 0 rings (SSSR count). The normalized spacial score (nSPS) is 10.6. The molecule has 0 aromatic heterocycles. The maximum atomic E-state index is 11.1. The van der Waals surface area contributed by atoms with Crippen molar-refractivity contribution < 1.29 is 38.1 Å². The van der Waals surface area contributed by atoms with Crippen LogP contribution >= 0.6 is 0 Å². The van der Waals surface area contributed by atoms with Gasteiger partial charge in [-0.3, -0.25) is 19.2 Å². The molecule has 0 aliphatic rings. The lowest BCUT2D eigenvalue weighted by molar-refractivity contribution is -0.144. The molecule has 0 saturated heterocycles. The third-order valence-electron chi connectivity index (χ3n) is 5.90. The van der Waals surface area contributed by atoms with Crippen molar-refractivity contribution in [2.24, 2.45) is 0 Å². The van der Waals surface area contributed by atoms with Gasteiger partial charge in [-0.25, -0.2) is 0 Å². The highest BCUT2D eigenvalue weighted by atomic mass is 16.5. The number of hydrogen-bond acceptors (Lipinski definition) is 10. The lowest BCUT2D eigenvalue weighted by Crippen LogP contribution is -2.21. The molecule has 0 bridgehead atoms. The monoisotopic (exact) mass is 574 g/mol. The van der Waals surface area contributed by atoms with Gasteiger partial charge in [0.2, 0.25) is 0 Å². The minimum Gasteiger partial charge on any atom is -0.466 e. The first kappa shape index (κ1) is 39.9. The van der Waals surface area contributed by atoms with Crippen LogP contribution in [0.5, 0.6) is 0 Å². The first-order chi connectivity index (χ1) is 19.2. The second-order valence-electron chi connectivity index (χ2n) is 9.66. The van der Waals surface area contributed by atoms with Gasteiger partial charge >= 0.3 is 23.9 Å². The molecule has 0 aromatic carbocycles. The number of rotatable bonds is 24. The largest absolute Gasteiger partial charge is 0.466 e. The van der Waals surface area contributed by atoms with E-state index in [-0.39, 0.29) is 23.9 Å². The van der Waals surface area contributed by atoms with Crippen LogP contribution in [-0.4, -0.2) is 100 Å². The molecule has 0 fully saturated rings. The molecule has 0 amide bonds. The summed E-state index contributed by atoms with van der Waals surface area (Å²) in [6.45, 7) is 13.0. The third kappa shape index (κ3) is 30.3. The van der Waals surface area contributed by atoms with Crippen LogP contribution in [-0.2, 0) is 38.1 Å². The quantitative estimate of drug-likeness (QED) is 0.0908. The van der Waals surface area contributed by atoms with Crippen LogP contribution in [0, 0.1) is 0 Å². The Morgan fingerprint density at radius 1 is 0.400 bits per heavy atom. The predicted molar refractivity (Wildman–Crippen MR) is 157 cm³/mol. The molecule has 40 heavy (non-hydrogen) atoms. The van der Waals surface area contributed by atoms with Crippen molar-refractivity contribution in [2.45, 2.75) is 105 Å². The summed E-state index contributed by atoms with van der Waals surface area (Å²) in [7, 11) is 4.13. The molecule has 0 N–H and O–H groups in total. The molecule has 0 aromatic rings. The van der Waals surface area contributed by atoms with E-state index in [9.17, 15) is 19.2 Å². The number of unbranched alkanes of at least 4 members (excludes halogenated alkanes) is 4. The van der Waals surface area contributed by atoms with E-state index in [2.05, 4.69) is 23.9 Å². The summed E-state index contributed by atoms with van der Waals surface area (Å²) in [5.41, 5.74) is 0. The van der Waals surface area contributed by atoms with Gasteiger partial charge < -0.3 is 28.7 Å². The van der Waals surface area contributed by atoms with Crippen molar-refractivity contribution in [2.75, 3.05) is 66.7 Å². The molecule has 0 atom stereocenters. The Bertz CT molecular complexity index is 539. The molecule has 0 radical (unpaired) electrons. The number of carbonyl (C=O) groups excluding carboxylic acids is 4. The number of nitrogens with zero attached hydrogens (tertiary/aromatic N) is 2. The smallest absolute Gasteiger partial charge is 0.305 e. The molecular formula is C30H58N2O8. The summed E-state index contributed by atoms with van der Waals surface area (Å²) in [5, 5.41) is 0. The van der Waals surface area contributed by atoms with Crippen LogP contribution in [0.4, 0.5) is 0 Å². The third-order valence-corrected chi connectivity index (χ3v) is 5.90. The van der Waals surface area contributed by atoms with Gasteiger partial charge in [-0.05, 0) is 119 Å². The van der Waals surface area contributed by atoms with E-state index in [1.807, 2.05) is 27.7 Å². The molecule has 0 spiro atoms. The average molecular weight is 575 g/mol. The van der Waals surface area contributed by atoms with Crippen LogP contribution < -0.4 is 0 Å². The zero-order valence-corrected chi connectivity index (χ0v) is 26.3. The second kappa shape index (κ2) is 29.8. The fourth-order valence-electron chi connectivity index (χ4n) is 3.76. The summed E-state index contributed by atoms with van der Waals surface area (Å²) in [5.74, 6) is -0.427. The van der Waals surface area contributed by atoms with Crippen LogP contribution in [0.15, 0.2) is 0 Å². The number of hydrogen-bond donors (Lipinski definition) is 0. The highest BCUT2D eigenvalue weighted by molar-refractivity contribution is 5.70. The first-order valence-corrected chi connectivity index (χ1v) is 15.2. The summed E-state index contributed by atoms with van der Waals surface area (Å²) in [6.07, 6.45) is 9.46. The minimum atomic E-state index is -0.107. The van der Waals surface area contributed by atoms with Crippen LogP contribution in [0.2, 0.25) is 0 Å². The molecule has 0 unspecified atom stereocenters. The summed E-state index contributed by atoms with van der Waals surface area (Å²) < 4.78 is 19.5. The van der Waals surface area contributed by atoms with E-state index in [1.54, 1.807) is 0 Å². The van der Waals surface area contributed by atoms with Crippen LogP contribution in [0.3, 0.4) is 0 Å². The van der Waals surface area contributed by atoms with E-state index in [4.69, 9.17) is 18.9 Å². The standard InChI is InChI=1S/2C15H29NO4/c2*1-4-19-14(17)10-6-8-12-16(3)13-9-7-11-15(18)20-5-2/h2*4-13H2,1-3H3. The molecule has 0 heterocycles. The summed E-state index contributed by atoms with van der Waals surface area (Å²) >= 11 is 0. The Morgan fingerprint density at radius 3 is 0.775 bits per heavy atom. The lowest BCUT2D eigenvalue weighted by Gasteiger charge is -2.16. The highest BCUT2D eigenvalue weighted by Crippen LogP contribution is 2.04. The Labute approximate surface area is 243 Å². The van der Waals surface area contributed by atoms with Gasteiger partial charge in [0, 0.05) is 25.7 Å². The average Bonchev–Trinajstić information content (AvgIpc) is 2.91. The second-order valence-corrected chi connectivity index (χ2v) is 9.66. The van der Waals surface area contributed by atoms with Crippen molar-refractivity contribution in [3.63, 3.8) is 0 Å². The number of carbonyl (C=O) groups is 4. The number of ether oxygens (including phenoxy) is 4. The van der Waals surface area contributed by atoms with Crippen molar-refractivity contribution >= 4 is 23.9 Å². The van der Waals surface area contributed by atoms with Gasteiger partial charge in [0.05, 0.1) is 26.4 Å². The van der Waals surface area contributed by atoms with Crippen molar-refractivity contribution in [3.05, 3.63) is 0 Å². The zero-order valence-electron chi connectivity index (χ0n) is 26.3. The van der Waals surface area contributed by atoms with E-state index in [0.29, 0.717) is 52.1 Å². The lowest BCUT2D eigenvalue weighted by atomic mass is 10.2. The molecule has 0 saturated carbocycles. The van der Waals surface area contributed by atoms with Gasteiger partial charge in [0.1, 0.15) is 0 Å². The van der Waals surface area contributed by atoms with Crippen molar-refractivity contribution in [3.8, 4) is 0 Å². The Balaban J connectivity index is 0. The van der Waals surface area contributed by atoms with Gasteiger partial charge in [-0.2, -0.15) is 0 Å². The molecule has 236 valence electrons. The first-order valence-electron chi connectivity index (χ1n) is 15.2. The maximum absolute atomic E-state index is 11.1. The van der Waals surface area contributed by atoms with E-state index < -0.39 is 0 Å². The number of esters is 4. The minimum absolute atomic E-state index is 0.107. The van der Waals surface area contributed by atoms with Crippen molar-refractivity contribution in [1.29, 1.82) is 0 Å². The van der Waals surface area contributed by atoms with Crippen LogP contribution in [0.25, 0.3) is 0 Å². The molecular weight excluding hydrogens is 516 g/mol. The van der Waals surface area contributed by atoms with Gasteiger partial charge in [0.15, 0.2) is 0 Å². The summed E-state index contributed by atoms with van der Waals surface area (Å²) in [4.78, 5) is 49.0. The van der Waals surface area contributed by atoms with E-state index in [0.717, 1.165) is 77.5 Å². The summed E-state index contributed by atoms with van der Waals surface area (Å²) in [6, 6.07) is 0. The molecule has 0 aliphatic heterocycles. The molecule has 0 aliphatic carbocycles. The molecule has 10 nitrogen and oxygen atoms in total. The Hall–Kier alpha value is -2.20.